The van der Waals surface area contributed by atoms with E-state index in [0.29, 0.717) is 19.0 Å². The minimum absolute atomic E-state index is 0.468. The molecule has 0 amide bonds. The van der Waals surface area contributed by atoms with E-state index in [1.54, 1.807) is 17.5 Å². The Labute approximate surface area is 110 Å². The Bertz CT molecular complexity index is 456. The molecule has 0 aliphatic heterocycles. The van der Waals surface area contributed by atoms with Crippen molar-refractivity contribution in [2.24, 2.45) is 0 Å². The van der Waals surface area contributed by atoms with Crippen LogP contribution in [-0.4, -0.2) is 23.2 Å². The van der Waals surface area contributed by atoms with Crippen molar-refractivity contribution in [3.8, 4) is 5.88 Å². The summed E-state index contributed by atoms with van der Waals surface area (Å²) in [4.78, 5) is 5.10. The third kappa shape index (κ3) is 3.45. The molecule has 2 heterocycles. The van der Waals surface area contributed by atoms with Crippen molar-refractivity contribution >= 4 is 17.0 Å². The lowest BCUT2D eigenvalue weighted by atomic mass is 10.3. The molecule has 1 atom stereocenters. The molecule has 18 heavy (non-hydrogen) atoms. The summed E-state index contributed by atoms with van der Waals surface area (Å²) in [5.74, 6) is 0.613. The van der Waals surface area contributed by atoms with Gasteiger partial charge < -0.3 is 15.2 Å². The Morgan fingerprint density at radius 2 is 2.33 bits per heavy atom. The van der Waals surface area contributed by atoms with Crippen LogP contribution in [0.1, 0.15) is 17.9 Å². The zero-order valence-corrected chi connectivity index (χ0v) is 11.0. The van der Waals surface area contributed by atoms with Gasteiger partial charge in [0.05, 0.1) is 18.5 Å². The van der Waals surface area contributed by atoms with Crippen molar-refractivity contribution in [2.75, 3.05) is 18.5 Å². The number of hydrogen-bond donors (Lipinski definition) is 2. The molecule has 0 aromatic carbocycles. The molecule has 0 spiro atoms. The number of hydrogen-bond acceptors (Lipinski definition) is 5. The first-order valence-electron chi connectivity index (χ1n) is 5.83. The van der Waals surface area contributed by atoms with E-state index in [1.807, 2.05) is 36.6 Å². The molecule has 0 aliphatic carbocycles. The van der Waals surface area contributed by atoms with Crippen LogP contribution in [0.2, 0.25) is 0 Å². The fourth-order valence-electron chi connectivity index (χ4n) is 1.51. The Morgan fingerprint density at radius 1 is 1.44 bits per heavy atom. The van der Waals surface area contributed by atoms with Crippen LogP contribution in [0.25, 0.3) is 0 Å². The molecule has 0 saturated carbocycles. The monoisotopic (exact) mass is 264 g/mol. The third-order valence-corrected chi connectivity index (χ3v) is 3.37. The van der Waals surface area contributed by atoms with E-state index in [0.717, 1.165) is 10.6 Å². The van der Waals surface area contributed by atoms with Crippen molar-refractivity contribution in [3.63, 3.8) is 0 Å². The van der Waals surface area contributed by atoms with Crippen molar-refractivity contribution in [1.29, 1.82) is 0 Å². The molecule has 0 saturated heterocycles. The summed E-state index contributed by atoms with van der Waals surface area (Å²) in [6, 6.07) is 7.55. The highest BCUT2D eigenvalue weighted by Crippen LogP contribution is 2.19. The van der Waals surface area contributed by atoms with E-state index in [-0.39, 0.29) is 0 Å². The van der Waals surface area contributed by atoms with Gasteiger partial charge in [-0.25, -0.2) is 4.98 Å². The second-order valence-corrected chi connectivity index (χ2v) is 4.71. The van der Waals surface area contributed by atoms with Gasteiger partial charge in [-0.1, -0.05) is 6.07 Å². The zero-order valence-electron chi connectivity index (χ0n) is 10.2. The summed E-state index contributed by atoms with van der Waals surface area (Å²) < 4.78 is 5.26. The third-order valence-electron chi connectivity index (χ3n) is 2.40. The number of aliphatic hydroxyl groups is 1. The van der Waals surface area contributed by atoms with Gasteiger partial charge in [-0.05, 0) is 24.4 Å². The molecule has 0 aliphatic rings. The average Bonchev–Trinajstić information content (AvgIpc) is 2.92. The topological polar surface area (TPSA) is 54.4 Å². The maximum Gasteiger partial charge on any atom is 0.213 e. The van der Waals surface area contributed by atoms with Crippen LogP contribution in [0.4, 0.5) is 5.69 Å². The number of pyridine rings is 1. The number of nitrogens with one attached hydrogen (secondary N) is 1. The lowest BCUT2D eigenvalue weighted by molar-refractivity contribution is 0.195. The fraction of sp³-hybridized carbons (Fsp3) is 0.308. The van der Waals surface area contributed by atoms with E-state index < -0.39 is 6.10 Å². The minimum atomic E-state index is -0.489. The van der Waals surface area contributed by atoms with Crippen molar-refractivity contribution < 1.29 is 9.84 Å². The summed E-state index contributed by atoms with van der Waals surface area (Å²) in [6.07, 6.45) is 1.21. The molecule has 5 heteroatoms. The van der Waals surface area contributed by atoms with Crippen LogP contribution in [-0.2, 0) is 0 Å². The quantitative estimate of drug-likeness (QED) is 0.842. The summed E-state index contributed by atoms with van der Waals surface area (Å²) in [5, 5.41) is 15.0. The van der Waals surface area contributed by atoms with E-state index in [4.69, 9.17) is 4.74 Å². The van der Waals surface area contributed by atoms with Crippen molar-refractivity contribution in [2.45, 2.75) is 13.0 Å². The van der Waals surface area contributed by atoms with E-state index in [9.17, 15) is 5.11 Å². The highest BCUT2D eigenvalue weighted by molar-refractivity contribution is 7.10. The standard InChI is InChI=1S/C13H16N2O2S/c1-2-17-13-6-5-10(8-15-13)14-9-11(16)12-4-3-7-18-12/h3-8,11,14,16H,2,9H2,1H3. The smallest absolute Gasteiger partial charge is 0.213 e. The number of anilines is 1. The molecular formula is C13H16N2O2S. The van der Waals surface area contributed by atoms with Crippen molar-refractivity contribution in [1.82, 2.24) is 4.98 Å². The lowest BCUT2D eigenvalue weighted by Gasteiger charge is -2.11. The summed E-state index contributed by atoms with van der Waals surface area (Å²) in [5.41, 5.74) is 0.869. The van der Waals surface area contributed by atoms with E-state index in [2.05, 4.69) is 10.3 Å². The average molecular weight is 264 g/mol. The first kappa shape index (κ1) is 12.9. The summed E-state index contributed by atoms with van der Waals surface area (Å²) in [6.45, 7) is 3.00. The van der Waals surface area contributed by atoms with Gasteiger partial charge in [-0.2, -0.15) is 0 Å². The van der Waals surface area contributed by atoms with Gasteiger partial charge in [0.2, 0.25) is 5.88 Å². The van der Waals surface area contributed by atoms with Crippen molar-refractivity contribution in [3.05, 3.63) is 40.7 Å². The molecule has 1 unspecified atom stereocenters. The predicted molar refractivity (Wildman–Crippen MR) is 73.2 cm³/mol. The molecule has 2 N–H and O–H groups in total. The summed E-state index contributed by atoms with van der Waals surface area (Å²) in [7, 11) is 0. The first-order valence-corrected chi connectivity index (χ1v) is 6.71. The number of ether oxygens (including phenoxy) is 1. The van der Waals surface area contributed by atoms with Crippen LogP contribution < -0.4 is 10.1 Å². The maximum atomic E-state index is 9.91. The van der Waals surface area contributed by atoms with Crippen LogP contribution in [0.3, 0.4) is 0 Å². The number of aliphatic hydroxyl groups excluding tert-OH is 1. The number of aromatic nitrogens is 1. The summed E-state index contributed by atoms with van der Waals surface area (Å²) >= 11 is 1.55. The SMILES string of the molecule is CCOc1ccc(NCC(O)c2cccs2)cn1. The molecule has 2 aromatic heterocycles. The molecular weight excluding hydrogens is 248 g/mol. The highest BCUT2D eigenvalue weighted by Gasteiger charge is 2.07. The van der Waals surface area contributed by atoms with Gasteiger partial charge in [0.1, 0.15) is 6.10 Å². The first-order chi connectivity index (χ1) is 8.79. The normalized spacial score (nSPS) is 12.1. The number of rotatable bonds is 6. The molecule has 2 aromatic rings. The van der Waals surface area contributed by atoms with Crippen LogP contribution in [0.15, 0.2) is 35.8 Å². The number of nitrogens with zero attached hydrogens (tertiary/aromatic N) is 1. The minimum Gasteiger partial charge on any atom is -0.478 e. The van der Waals surface area contributed by atoms with E-state index >= 15 is 0 Å². The fourth-order valence-corrected chi connectivity index (χ4v) is 2.23. The van der Waals surface area contributed by atoms with Gasteiger partial charge >= 0.3 is 0 Å². The molecule has 0 bridgehead atoms. The molecule has 0 radical (unpaired) electrons. The Kier molecular flexibility index (Phi) is 4.55. The molecule has 0 fully saturated rings. The molecule has 2 rings (SSSR count). The Hall–Kier alpha value is -1.59. The molecule has 96 valence electrons. The Morgan fingerprint density at radius 3 is 2.94 bits per heavy atom. The van der Waals surface area contributed by atoms with Gasteiger partial charge in [0.15, 0.2) is 0 Å². The maximum absolute atomic E-state index is 9.91. The van der Waals surface area contributed by atoms with Crippen LogP contribution in [0, 0.1) is 0 Å². The lowest BCUT2D eigenvalue weighted by Crippen LogP contribution is -2.11. The van der Waals surface area contributed by atoms with Crippen LogP contribution >= 0.6 is 11.3 Å². The largest absolute Gasteiger partial charge is 0.478 e. The highest BCUT2D eigenvalue weighted by atomic mass is 32.1. The Balaban J connectivity index is 1.86. The van der Waals surface area contributed by atoms with Gasteiger partial charge in [-0.3, -0.25) is 0 Å². The second kappa shape index (κ2) is 6.37. The second-order valence-electron chi connectivity index (χ2n) is 3.73. The molecule has 4 nitrogen and oxygen atoms in total. The van der Waals surface area contributed by atoms with Crippen LogP contribution in [0.5, 0.6) is 5.88 Å². The van der Waals surface area contributed by atoms with Gasteiger partial charge in [0, 0.05) is 17.5 Å². The van der Waals surface area contributed by atoms with E-state index in [1.165, 1.54) is 0 Å². The van der Waals surface area contributed by atoms with Gasteiger partial charge in [-0.15, -0.1) is 11.3 Å². The zero-order chi connectivity index (χ0) is 12.8. The van der Waals surface area contributed by atoms with Gasteiger partial charge in [0.25, 0.3) is 0 Å². The predicted octanol–water partition coefficient (Wildman–Crippen LogP) is 2.69. The number of thiophene rings is 1.